The zero-order valence-electron chi connectivity index (χ0n) is 12.1. The van der Waals surface area contributed by atoms with Gasteiger partial charge in [0.25, 0.3) is 5.91 Å². The third-order valence-electron chi connectivity index (χ3n) is 4.55. The summed E-state index contributed by atoms with van der Waals surface area (Å²) in [5.41, 5.74) is 0.894. The van der Waals surface area contributed by atoms with Gasteiger partial charge >= 0.3 is 0 Å². The summed E-state index contributed by atoms with van der Waals surface area (Å²) in [6.07, 6.45) is 5.72. The maximum Gasteiger partial charge on any atom is 0.254 e. The maximum absolute atomic E-state index is 12.6. The van der Waals surface area contributed by atoms with E-state index >= 15 is 0 Å². The van der Waals surface area contributed by atoms with Crippen LogP contribution in [-0.4, -0.2) is 36.6 Å². The van der Waals surface area contributed by atoms with E-state index in [1.54, 1.807) is 11.3 Å². The number of carbonyl (C=O) groups is 1. The van der Waals surface area contributed by atoms with E-state index in [-0.39, 0.29) is 5.91 Å². The van der Waals surface area contributed by atoms with Gasteiger partial charge in [-0.25, -0.2) is 0 Å². The first-order valence-corrected chi connectivity index (χ1v) is 8.61. The summed E-state index contributed by atoms with van der Waals surface area (Å²) in [5.74, 6) is 0.820. The molecule has 0 aromatic carbocycles. The molecule has 110 valence electrons. The Bertz CT molecular complexity index is 465. The summed E-state index contributed by atoms with van der Waals surface area (Å²) >= 11 is 1.75. The number of rotatable bonds is 2. The summed E-state index contributed by atoms with van der Waals surface area (Å²) in [4.78, 5) is 16.0. The van der Waals surface area contributed by atoms with Crippen molar-refractivity contribution >= 4 is 17.2 Å². The van der Waals surface area contributed by atoms with E-state index in [2.05, 4.69) is 23.3 Å². The predicted molar refractivity (Wildman–Crippen MR) is 81.5 cm³/mol. The second-order valence-electron chi connectivity index (χ2n) is 5.97. The minimum Gasteiger partial charge on any atom is -0.381 e. The first-order chi connectivity index (χ1) is 9.75. The van der Waals surface area contributed by atoms with Crippen LogP contribution in [0.25, 0.3) is 0 Å². The molecule has 1 unspecified atom stereocenters. The Kier molecular flexibility index (Phi) is 4.41. The van der Waals surface area contributed by atoms with Crippen molar-refractivity contribution in [1.82, 2.24) is 4.90 Å². The lowest BCUT2D eigenvalue weighted by Crippen LogP contribution is -2.41. The third kappa shape index (κ3) is 2.91. The topological polar surface area (TPSA) is 29.5 Å². The van der Waals surface area contributed by atoms with E-state index in [9.17, 15) is 4.79 Å². The van der Waals surface area contributed by atoms with Crippen molar-refractivity contribution in [3.05, 3.63) is 21.9 Å². The van der Waals surface area contributed by atoms with Crippen LogP contribution < -0.4 is 0 Å². The van der Waals surface area contributed by atoms with Crippen molar-refractivity contribution in [2.24, 2.45) is 0 Å². The van der Waals surface area contributed by atoms with E-state index in [4.69, 9.17) is 4.74 Å². The number of piperidine rings is 1. The minimum absolute atomic E-state index is 0.228. The van der Waals surface area contributed by atoms with Gasteiger partial charge in [-0.1, -0.05) is 0 Å². The lowest BCUT2D eigenvalue weighted by atomic mass is 9.97. The zero-order valence-corrected chi connectivity index (χ0v) is 13.0. The summed E-state index contributed by atoms with van der Waals surface area (Å²) < 4.78 is 5.41. The molecule has 3 heterocycles. The highest BCUT2D eigenvalue weighted by Gasteiger charge is 2.26. The largest absolute Gasteiger partial charge is 0.381 e. The smallest absolute Gasteiger partial charge is 0.254 e. The number of carbonyl (C=O) groups excluding carboxylic acids is 1. The van der Waals surface area contributed by atoms with Crippen molar-refractivity contribution in [2.75, 3.05) is 19.8 Å². The predicted octanol–water partition coefficient (Wildman–Crippen LogP) is 3.66. The number of thiophene rings is 1. The summed E-state index contributed by atoms with van der Waals surface area (Å²) in [6.45, 7) is 4.80. The van der Waals surface area contributed by atoms with Gasteiger partial charge in [0, 0.05) is 36.1 Å². The molecule has 0 N–H and O–H groups in total. The standard InChI is InChI=1S/C16H23NO2S/c1-12-4-2-3-7-17(12)16(18)14-10-15(20-11-14)13-5-8-19-9-6-13/h10-13H,2-9H2,1H3. The molecule has 0 radical (unpaired) electrons. The highest BCUT2D eigenvalue weighted by Crippen LogP contribution is 2.32. The van der Waals surface area contributed by atoms with Crippen molar-refractivity contribution in [3.63, 3.8) is 0 Å². The maximum atomic E-state index is 12.6. The van der Waals surface area contributed by atoms with Gasteiger partial charge < -0.3 is 9.64 Å². The van der Waals surface area contributed by atoms with Crippen molar-refractivity contribution in [3.8, 4) is 0 Å². The number of amides is 1. The van der Waals surface area contributed by atoms with Crippen LogP contribution in [0.2, 0.25) is 0 Å². The first-order valence-electron chi connectivity index (χ1n) is 7.73. The molecule has 1 aromatic heterocycles. The molecule has 0 aliphatic carbocycles. The molecule has 2 aliphatic heterocycles. The third-order valence-corrected chi connectivity index (χ3v) is 5.65. The molecule has 0 saturated carbocycles. The Hall–Kier alpha value is -0.870. The second-order valence-corrected chi connectivity index (χ2v) is 6.91. The van der Waals surface area contributed by atoms with E-state index in [0.29, 0.717) is 12.0 Å². The van der Waals surface area contributed by atoms with Gasteiger partial charge in [0.2, 0.25) is 0 Å². The molecule has 1 aromatic rings. The zero-order chi connectivity index (χ0) is 13.9. The Balaban J connectivity index is 1.70. The molecule has 0 bridgehead atoms. The minimum atomic E-state index is 0.228. The molecule has 20 heavy (non-hydrogen) atoms. The van der Waals surface area contributed by atoms with Gasteiger partial charge in [0.05, 0.1) is 5.56 Å². The molecule has 2 aliphatic rings. The quantitative estimate of drug-likeness (QED) is 0.833. The lowest BCUT2D eigenvalue weighted by molar-refractivity contribution is 0.0636. The SMILES string of the molecule is CC1CCCCN1C(=O)c1csc(C2CCOCC2)c1. The van der Waals surface area contributed by atoms with Gasteiger partial charge in [-0.3, -0.25) is 4.79 Å². The number of hydrogen-bond acceptors (Lipinski definition) is 3. The van der Waals surface area contributed by atoms with Crippen LogP contribution in [0.15, 0.2) is 11.4 Å². The van der Waals surface area contributed by atoms with Crippen LogP contribution >= 0.6 is 11.3 Å². The van der Waals surface area contributed by atoms with Gasteiger partial charge in [-0.05, 0) is 51.0 Å². The number of nitrogens with zero attached hydrogens (tertiary/aromatic N) is 1. The number of hydrogen-bond donors (Lipinski definition) is 0. The summed E-state index contributed by atoms with van der Waals surface area (Å²) in [6, 6.07) is 2.52. The molecule has 0 spiro atoms. The number of ether oxygens (including phenoxy) is 1. The number of likely N-dealkylation sites (tertiary alicyclic amines) is 1. The first kappa shape index (κ1) is 14.1. The van der Waals surface area contributed by atoms with Gasteiger partial charge in [0.1, 0.15) is 0 Å². The van der Waals surface area contributed by atoms with Crippen LogP contribution in [0.3, 0.4) is 0 Å². The second kappa shape index (κ2) is 6.27. The molecular formula is C16H23NO2S. The van der Waals surface area contributed by atoms with Crippen LogP contribution in [0.4, 0.5) is 0 Å². The normalized spacial score (nSPS) is 24.9. The molecule has 3 rings (SSSR count). The Morgan fingerprint density at radius 2 is 2.10 bits per heavy atom. The van der Waals surface area contributed by atoms with Gasteiger partial charge in [-0.2, -0.15) is 0 Å². The molecule has 2 saturated heterocycles. The average molecular weight is 293 g/mol. The summed E-state index contributed by atoms with van der Waals surface area (Å²) in [5, 5.41) is 2.05. The van der Waals surface area contributed by atoms with Crippen molar-refractivity contribution in [2.45, 2.75) is 51.0 Å². The van der Waals surface area contributed by atoms with E-state index < -0.39 is 0 Å². The highest BCUT2D eigenvalue weighted by molar-refractivity contribution is 7.10. The molecule has 3 nitrogen and oxygen atoms in total. The lowest BCUT2D eigenvalue weighted by Gasteiger charge is -2.33. The molecular weight excluding hydrogens is 270 g/mol. The van der Waals surface area contributed by atoms with Gasteiger partial charge in [-0.15, -0.1) is 11.3 Å². The Morgan fingerprint density at radius 1 is 1.30 bits per heavy atom. The van der Waals surface area contributed by atoms with E-state index in [1.807, 2.05) is 0 Å². The van der Waals surface area contributed by atoms with E-state index in [1.165, 1.54) is 11.3 Å². The van der Waals surface area contributed by atoms with Crippen LogP contribution in [0.5, 0.6) is 0 Å². The fourth-order valence-corrected chi connectivity index (χ4v) is 4.28. The molecule has 1 amide bonds. The molecule has 4 heteroatoms. The fourth-order valence-electron chi connectivity index (χ4n) is 3.23. The molecule has 1 atom stereocenters. The van der Waals surface area contributed by atoms with Crippen LogP contribution in [0, 0.1) is 0 Å². The van der Waals surface area contributed by atoms with Crippen LogP contribution in [0.1, 0.15) is 60.2 Å². The Morgan fingerprint density at radius 3 is 2.85 bits per heavy atom. The van der Waals surface area contributed by atoms with Crippen molar-refractivity contribution in [1.29, 1.82) is 0 Å². The fraction of sp³-hybridized carbons (Fsp3) is 0.688. The Labute approximate surface area is 124 Å². The monoisotopic (exact) mass is 293 g/mol. The van der Waals surface area contributed by atoms with Crippen LogP contribution in [-0.2, 0) is 4.74 Å². The highest BCUT2D eigenvalue weighted by atomic mass is 32.1. The molecule has 2 fully saturated rings. The van der Waals surface area contributed by atoms with Crippen molar-refractivity contribution < 1.29 is 9.53 Å². The van der Waals surface area contributed by atoms with E-state index in [0.717, 1.165) is 51.0 Å². The average Bonchev–Trinajstić information content (AvgIpc) is 2.98. The summed E-state index contributed by atoms with van der Waals surface area (Å²) in [7, 11) is 0. The van der Waals surface area contributed by atoms with Gasteiger partial charge in [0.15, 0.2) is 0 Å².